The number of hydrogen-bond acceptors (Lipinski definition) is 3. The summed E-state index contributed by atoms with van der Waals surface area (Å²) < 4.78 is 0. The molecule has 2 heterocycles. The molecule has 0 aromatic carbocycles. The first-order chi connectivity index (χ1) is 7.31. The minimum absolute atomic E-state index is 0.163. The van der Waals surface area contributed by atoms with Gasteiger partial charge in [0.25, 0.3) is 0 Å². The number of rotatable bonds is 1. The Balaban J connectivity index is 1.84. The Morgan fingerprint density at radius 1 is 1.33 bits per heavy atom. The van der Waals surface area contributed by atoms with E-state index >= 15 is 0 Å². The van der Waals surface area contributed by atoms with Gasteiger partial charge in [-0.3, -0.25) is 4.79 Å². The van der Waals surface area contributed by atoms with Crippen molar-refractivity contribution in [2.45, 2.75) is 19.3 Å². The minimum atomic E-state index is 0.163. The van der Waals surface area contributed by atoms with E-state index in [1.54, 1.807) is 0 Å². The molecule has 1 amide bonds. The third-order valence-electron chi connectivity index (χ3n) is 3.40. The van der Waals surface area contributed by atoms with Gasteiger partial charge in [-0.25, -0.2) is 0 Å². The standard InChI is InChI=1S/C11H17N3O/c12-7-9-2-5-14(6-3-9)11(15)10-1-4-13-8-10/h9-10,13H,1-6,8H2. The van der Waals surface area contributed by atoms with Crippen LogP contribution in [-0.4, -0.2) is 37.0 Å². The van der Waals surface area contributed by atoms with Crippen LogP contribution in [0.15, 0.2) is 0 Å². The van der Waals surface area contributed by atoms with Crippen molar-refractivity contribution in [3.8, 4) is 6.07 Å². The third kappa shape index (κ3) is 2.29. The van der Waals surface area contributed by atoms with Gasteiger partial charge in [0.2, 0.25) is 5.91 Å². The highest BCUT2D eigenvalue weighted by atomic mass is 16.2. The van der Waals surface area contributed by atoms with Gasteiger partial charge in [0.05, 0.1) is 12.0 Å². The summed E-state index contributed by atoms with van der Waals surface area (Å²) in [6.07, 6.45) is 2.67. The van der Waals surface area contributed by atoms with Crippen molar-refractivity contribution in [2.24, 2.45) is 11.8 Å². The zero-order valence-electron chi connectivity index (χ0n) is 8.91. The van der Waals surface area contributed by atoms with Gasteiger partial charge in [-0.2, -0.15) is 5.26 Å². The van der Waals surface area contributed by atoms with Gasteiger partial charge in [0, 0.05) is 25.6 Å². The normalized spacial score (nSPS) is 27.7. The van der Waals surface area contributed by atoms with Crippen LogP contribution in [0.5, 0.6) is 0 Å². The molecule has 2 aliphatic rings. The van der Waals surface area contributed by atoms with Crippen LogP contribution in [-0.2, 0) is 4.79 Å². The van der Waals surface area contributed by atoms with Crippen LogP contribution in [0, 0.1) is 23.2 Å². The topological polar surface area (TPSA) is 56.1 Å². The van der Waals surface area contributed by atoms with E-state index in [0.29, 0.717) is 0 Å². The number of amides is 1. The number of carbonyl (C=O) groups is 1. The predicted molar refractivity (Wildman–Crippen MR) is 55.9 cm³/mol. The first kappa shape index (κ1) is 10.4. The summed E-state index contributed by atoms with van der Waals surface area (Å²) in [5.74, 6) is 0.635. The van der Waals surface area contributed by atoms with Gasteiger partial charge >= 0.3 is 0 Å². The molecule has 0 radical (unpaired) electrons. The van der Waals surface area contributed by atoms with Crippen molar-refractivity contribution >= 4 is 5.91 Å². The number of piperidine rings is 1. The number of hydrogen-bond donors (Lipinski definition) is 1. The molecule has 0 aromatic rings. The highest BCUT2D eigenvalue weighted by Gasteiger charge is 2.29. The lowest BCUT2D eigenvalue weighted by atomic mass is 9.97. The second-order valence-electron chi connectivity index (χ2n) is 4.42. The fourth-order valence-electron chi connectivity index (χ4n) is 2.35. The Morgan fingerprint density at radius 2 is 2.07 bits per heavy atom. The Bertz CT molecular complexity index is 270. The van der Waals surface area contributed by atoms with E-state index in [-0.39, 0.29) is 17.7 Å². The lowest BCUT2D eigenvalue weighted by Gasteiger charge is -2.31. The molecule has 1 N–H and O–H groups in total. The van der Waals surface area contributed by atoms with E-state index in [1.165, 1.54) is 0 Å². The molecule has 0 saturated carbocycles. The molecular weight excluding hydrogens is 190 g/mol. The number of nitrogens with zero attached hydrogens (tertiary/aromatic N) is 2. The molecule has 0 aromatic heterocycles. The maximum absolute atomic E-state index is 12.0. The van der Waals surface area contributed by atoms with Crippen molar-refractivity contribution in [2.75, 3.05) is 26.2 Å². The maximum atomic E-state index is 12.0. The number of carbonyl (C=O) groups excluding carboxylic acids is 1. The van der Waals surface area contributed by atoms with Gasteiger partial charge in [-0.15, -0.1) is 0 Å². The average molecular weight is 207 g/mol. The quantitative estimate of drug-likeness (QED) is 0.675. The van der Waals surface area contributed by atoms with Gasteiger partial charge in [-0.05, 0) is 25.8 Å². The van der Waals surface area contributed by atoms with Crippen molar-refractivity contribution in [3.63, 3.8) is 0 Å². The van der Waals surface area contributed by atoms with E-state index < -0.39 is 0 Å². The molecule has 15 heavy (non-hydrogen) atoms. The van der Waals surface area contributed by atoms with Crippen LogP contribution in [0.25, 0.3) is 0 Å². The highest BCUT2D eigenvalue weighted by Crippen LogP contribution is 2.19. The number of likely N-dealkylation sites (tertiary alicyclic amines) is 1. The summed E-state index contributed by atoms with van der Waals surface area (Å²) in [5, 5.41) is 12.0. The Kier molecular flexibility index (Phi) is 3.22. The smallest absolute Gasteiger partial charge is 0.227 e. The minimum Gasteiger partial charge on any atom is -0.342 e. The van der Waals surface area contributed by atoms with E-state index in [2.05, 4.69) is 11.4 Å². The molecule has 2 saturated heterocycles. The summed E-state index contributed by atoms with van der Waals surface area (Å²) >= 11 is 0. The molecule has 1 unspecified atom stereocenters. The molecule has 0 aliphatic carbocycles. The molecule has 4 nitrogen and oxygen atoms in total. The SMILES string of the molecule is N#CC1CCN(C(=O)C2CCNC2)CC1. The van der Waals surface area contributed by atoms with Crippen molar-refractivity contribution in [3.05, 3.63) is 0 Å². The Morgan fingerprint density at radius 3 is 2.60 bits per heavy atom. The monoisotopic (exact) mass is 207 g/mol. The van der Waals surface area contributed by atoms with Gasteiger partial charge in [-0.1, -0.05) is 0 Å². The largest absolute Gasteiger partial charge is 0.342 e. The number of nitriles is 1. The zero-order chi connectivity index (χ0) is 10.7. The molecule has 0 spiro atoms. The first-order valence-corrected chi connectivity index (χ1v) is 5.70. The molecule has 82 valence electrons. The number of nitrogens with one attached hydrogen (secondary N) is 1. The van der Waals surface area contributed by atoms with Crippen LogP contribution in [0.2, 0.25) is 0 Å². The summed E-state index contributed by atoms with van der Waals surface area (Å²) in [6, 6.07) is 2.28. The highest BCUT2D eigenvalue weighted by molar-refractivity contribution is 5.79. The molecular formula is C11H17N3O. The summed E-state index contributed by atoms with van der Waals surface area (Å²) in [7, 11) is 0. The van der Waals surface area contributed by atoms with Crippen molar-refractivity contribution in [1.82, 2.24) is 10.2 Å². The predicted octanol–water partition coefficient (Wildman–Crippen LogP) is 0.358. The molecule has 1 atom stereocenters. The molecule has 2 aliphatic heterocycles. The van der Waals surface area contributed by atoms with E-state index in [4.69, 9.17) is 5.26 Å². The average Bonchev–Trinajstić information content (AvgIpc) is 2.82. The van der Waals surface area contributed by atoms with Gasteiger partial charge < -0.3 is 10.2 Å². The van der Waals surface area contributed by atoms with Crippen molar-refractivity contribution in [1.29, 1.82) is 5.26 Å². The first-order valence-electron chi connectivity index (χ1n) is 5.70. The lowest BCUT2D eigenvalue weighted by Crippen LogP contribution is -2.42. The third-order valence-corrected chi connectivity index (χ3v) is 3.40. The van der Waals surface area contributed by atoms with Gasteiger partial charge in [0.1, 0.15) is 0 Å². The van der Waals surface area contributed by atoms with E-state index in [1.807, 2.05) is 4.90 Å². The molecule has 4 heteroatoms. The second kappa shape index (κ2) is 4.63. The van der Waals surface area contributed by atoms with Crippen LogP contribution >= 0.6 is 0 Å². The maximum Gasteiger partial charge on any atom is 0.227 e. The summed E-state index contributed by atoms with van der Waals surface area (Å²) in [6.45, 7) is 3.34. The van der Waals surface area contributed by atoms with Crippen LogP contribution in [0.3, 0.4) is 0 Å². The zero-order valence-corrected chi connectivity index (χ0v) is 8.91. The fourth-order valence-corrected chi connectivity index (χ4v) is 2.35. The van der Waals surface area contributed by atoms with Crippen LogP contribution in [0.4, 0.5) is 0 Å². The lowest BCUT2D eigenvalue weighted by molar-refractivity contribution is -0.136. The van der Waals surface area contributed by atoms with Crippen LogP contribution < -0.4 is 5.32 Å². The van der Waals surface area contributed by atoms with E-state index in [9.17, 15) is 4.79 Å². The Hall–Kier alpha value is -1.08. The second-order valence-corrected chi connectivity index (χ2v) is 4.42. The van der Waals surface area contributed by atoms with Crippen molar-refractivity contribution < 1.29 is 4.79 Å². The van der Waals surface area contributed by atoms with Gasteiger partial charge in [0.15, 0.2) is 0 Å². The molecule has 2 fully saturated rings. The summed E-state index contributed by atoms with van der Waals surface area (Å²) in [5.41, 5.74) is 0. The summed E-state index contributed by atoms with van der Waals surface area (Å²) in [4.78, 5) is 13.9. The molecule has 2 rings (SSSR count). The fraction of sp³-hybridized carbons (Fsp3) is 0.818. The molecule has 0 bridgehead atoms. The Labute approximate surface area is 90.2 Å². The van der Waals surface area contributed by atoms with Crippen LogP contribution in [0.1, 0.15) is 19.3 Å². The van der Waals surface area contributed by atoms with E-state index in [0.717, 1.165) is 45.4 Å².